The number of hydrogen-bond acceptors (Lipinski definition) is 5. The molecule has 6 heteroatoms. The fourth-order valence-electron chi connectivity index (χ4n) is 2.54. The fraction of sp³-hybridized carbons (Fsp3) is 0.400. The van der Waals surface area contributed by atoms with Crippen LogP contribution in [0.25, 0.3) is 0 Å². The number of anilines is 2. The highest BCUT2D eigenvalue weighted by molar-refractivity contribution is 7.09. The minimum atomic E-state index is 0.204. The van der Waals surface area contributed by atoms with Crippen LogP contribution in [-0.2, 0) is 11.2 Å². The van der Waals surface area contributed by atoms with Crippen LogP contribution in [0.4, 0.5) is 10.8 Å². The minimum Gasteiger partial charge on any atom is -0.360 e. The van der Waals surface area contributed by atoms with Crippen molar-refractivity contribution in [3.05, 3.63) is 35.7 Å². The van der Waals surface area contributed by atoms with E-state index >= 15 is 0 Å². The molecule has 0 saturated heterocycles. The van der Waals surface area contributed by atoms with Crippen LogP contribution in [0.3, 0.4) is 0 Å². The number of carbonyl (C=O) groups excluding carboxylic acids is 1. The Morgan fingerprint density at radius 2 is 2.29 bits per heavy atom. The normalized spacial score (nSPS) is 13.3. The van der Waals surface area contributed by atoms with Crippen molar-refractivity contribution in [1.82, 2.24) is 9.36 Å². The van der Waals surface area contributed by atoms with Gasteiger partial charge in [-0.2, -0.15) is 4.37 Å². The van der Waals surface area contributed by atoms with Gasteiger partial charge in [-0.05, 0) is 31.4 Å². The van der Waals surface area contributed by atoms with E-state index in [1.807, 2.05) is 30.0 Å². The van der Waals surface area contributed by atoms with Gasteiger partial charge in [0.05, 0.1) is 0 Å². The highest BCUT2D eigenvalue weighted by atomic mass is 32.1. The second kappa shape index (κ2) is 6.22. The predicted octanol–water partition coefficient (Wildman–Crippen LogP) is 2.63. The Morgan fingerprint density at radius 3 is 3.10 bits per heavy atom. The standard InChI is InChI=1S/C15H18N4OS/c1-11-17-15(21-18-11)16-9-4-7-14(20)19-10-8-12-5-2-3-6-13(12)19/h2-3,5-6H,4,7-10H2,1H3,(H,16,17,18). The molecule has 110 valence electrons. The van der Waals surface area contributed by atoms with Crippen molar-refractivity contribution >= 4 is 28.3 Å². The lowest BCUT2D eigenvalue weighted by Crippen LogP contribution is -2.29. The van der Waals surface area contributed by atoms with Crippen LogP contribution in [0.15, 0.2) is 24.3 Å². The molecular formula is C15H18N4OS. The van der Waals surface area contributed by atoms with E-state index in [1.54, 1.807) is 0 Å². The topological polar surface area (TPSA) is 58.1 Å². The highest BCUT2D eigenvalue weighted by Crippen LogP contribution is 2.28. The second-order valence-corrected chi connectivity index (χ2v) is 5.85. The largest absolute Gasteiger partial charge is 0.360 e. The third-order valence-electron chi connectivity index (χ3n) is 3.56. The number of nitrogens with one attached hydrogen (secondary N) is 1. The van der Waals surface area contributed by atoms with Gasteiger partial charge in [0.1, 0.15) is 5.82 Å². The average molecular weight is 302 g/mol. The lowest BCUT2D eigenvalue weighted by atomic mass is 10.2. The summed E-state index contributed by atoms with van der Waals surface area (Å²) in [6.45, 7) is 3.42. The van der Waals surface area contributed by atoms with E-state index in [4.69, 9.17) is 0 Å². The Balaban J connectivity index is 1.47. The van der Waals surface area contributed by atoms with Gasteiger partial charge in [0.15, 0.2) is 0 Å². The second-order valence-electron chi connectivity index (χ2n) is 5.10. The molecule has 0 aliphatic carbocycles. The first-order valence-electron chi connectivity index (χ1n) is 7.16. The van der Waals surface area contributed by atoms with Gasteiger partial charge in [-0.1, -0.05) is 18.2 Å². The van der Waals surface area contributed by atoms with Gasteiger partial charge in [0.2, 0.25) is 11.0 Å². The Kier molecular flexibility index (Phi) is 4.15. The number of fused-ring (bicyclic) bond motifs is 1. The molecule has 1 aromatic carbocycles. The first-order valence-corrected chi connectivity index (χ1v) is 7.94. The maximum atomic E-state index is 12.3. The van der Waals surface area contributed by atoms with Crippen LogP contribution < -0.4 is 10.2 Å². The molecule has 0 saturated carbocycles. The van der Waals surface area contributed by atoms with Gasteiger partial charge in [-0.3, -0.25) is 4.79 Å². The van der Waals surface area contributed by atoms with Crippen molar-refractivity contribution in [2.45, 2.75) is 26.2 Å². The molecule has 1 aliphatic rings. The van der Waals surface area contributed by atoms with Crippen molar-refractivity contribution in [3.8, 4) is 0 Å². The number of amides is 1. The molecule has 21 heavy (non-hydrogen) atoms. The molecule has 0 atom stereocenters. The Labute approximate surface area is 128 Å². The molecule has 5 nitrogen and oxygen atoms in total. The molecular weight excluding hydrogens is 284 g/mol. The van der Waals surface area contributed by atoms with Gasteiger partial charge in [0.25, 0.3) is 0 Å². The predicted molar refractivity (Wildman–Crippen MR) is 84.9 cm³/mol. The maximum Gasteiger partial charge on any atom is 0.227 e. The van der Waals surface area contributed by atoms with Crippen LogP contribution in [0.5, 0.6) is 0 Å². The van der Waals surface area contributed by atoms with Crippen molar-refractivity contribution in [1.29, 1.82) is 0 Å². The molecule has 3 rings (SSSR count). The zero-order valence-corrected chi connectivity index (χ0v) is 12.8. The van der Waals surface area contributed by atoms with Gasteiger partial charge in [-0.25, -0.2) is 4.98 Å². The van der Waals surface area contributed by atoms with Crippen LogP contribution in [0, 0.1) is 6.92 Å². The molecule has 1 amide bonds. The maximum absolute atomic E-state index is 12.3. The van der Waals surface area contributed by atoms with E-state index in [0.29, 0.717) is 6.42 Å². The number of hydrogen-bond donors (Lipinski definition) is 1. The summed E-state index contributed by atoms with van der Waals surface area (Å²) in [6.07, 6.45) is 2.32. The third-order valence-corrected chi connectivity index (χ3v) is 4.32. The van der Waals surface area contributed by atoms with Crippen molar-refractivity contribution in [2.24, 2.45) is 0 Å². The number of carbonyl (C=O) groups is 1. The first-order chi connectivity index (χ1) is 10.2. The lowest BCUT2D eigenvalue weighted by Gasteiger charge is -2.17. The molecule has 0 unspecified atom stereocenters. The molecule has 1 aromatic heterocycles. The van der Waals surface area contributed by atoms with Crippen LogP contribution in [0.2, 0.25) is 0 Å². The van der Waals surface area contributed by atoms with Crippen molar-refractivity contribution in [3.63, 3.8) is 0 Å². The van der Waals surface area contributed by atoms with Gasteiger partial charge >= 0.3 is 0 Å². The number of aromatic nitrogens is 2. The number of nitrogens with zero attached hydrogens (tertiary/aromatic N) is 3. The zero-order chi connectivity index (χ0) is 14.7. The summed E-state index contributed by atoms with van der Waals surface area (Å²) < 4.78 is 4.11. The van der Waals surface area contributed by atoms with Crippen LogP contribution in [0.1, 0.15) is 24.2 Å². The Hall–Kier alpha value is -1.95. The zero-order valence-electron chi connectivity index (χ0n) is 12.0. The number of para-hydroxylation sites is 1. The lowest BCUT2D eigenvalue weighted by molar-refractivity contribution is -0.118. The van der Waals surface area contributed by atoms with Crippen molar-refractivity contribution in [2.75, 3.05) is 23.3 Å². The molecule has 0 bridgehead atoms. The van der Waals surface area contributed by atoms with E-state index in [2.05, 4.69) is 20.7 Å². The Morgan fingerprint density at radius 1 is 1.43 bits per heavy atom. The Bertz CT molecular complexity index is 640. The van der Waals surface area contributed by atoms with E-state index < -0.39 is 0 Å². The number of rotatable bonds is 5. The average Bonchev–Trinajstić information content (AvgIpc) is 3.09. The van der Waals surface area contributed by atoms with E-state index in [1.165, 1.54) is 17.1 Å². The summed E-state index contributed by atoms with van der Waals surface area (Å²) >= 11 is 1.36. The minimum absolute atomic E-state index is 0.204. The van der Waals surface area contributed by atoms with E-state index in [0.717, 1.165) is 42.6 Å². The summed E-state index contributed by atoms with van der Waals surface area (Å²) in [5, 5.41) is 4.03. The molecule has 2 heterocycles. The number of aryl methyl sites for hydroxylation is 1. The molecule has 0 fully saturated rings. The van der Waals surface area contributed by atoms with Crippen LogP contribution in [-0.4, -0.2) is 28.4 Å². The molecule has 0 radical (unpaired) electrons. The monoisotopic (exact) mass is 302 g/mol. The summed E-state index contributed by atoms with van der Waals surface area (Å²) in [7, 11) is 0. The van der Waals surface area contributed by atoms with Crippen molar-refractivity contribution < 1.29 is 4.79 Å². The van der Waals surface area contributed by atoms with E-state index in [-0.39, 0.29) is 5.91 Å². The molecule has 1 aliphatic heterocycles. The summed E-state index contributed by atoms with van der Waals surface area (Å²) in [5.41, 5.74) is 2.35. The van der Waals surface area contributed by atoms with Gasteiger partial charge < -0.3 is 10.2 Å². The SMILES string of the molecule is Cc1nsc(NCCCC(=O)N2CCc3ccccc32)n1. The molecule has 0 spiro atoms. The summed E-state index contributed by atoms with van der Waals surface area (Å²) in [5.74, 6) is 0.988. The van der Waals surface area contributed by atoms with Crippen LogP contribution >= 0.6 is 11.5 Å². The molecule has 2 aromatic rings. The van der Waals surface area contributed by atoms with Gasteiger partial charge in [0, 0.05) is 36.7 Å². The highest BCUT2D eigenvalue weighted by Gasteiger charge is 2.23. The third kappa shape index (κ3) is 3.21. The quantitative estimate of drug-likeness (QED) is 0.863. The fourth-order valence-corrected chi connectivity index (χ4v) is 3.14. The molecule has 1 N–H and O–H groups in total. The van der Waals surface area contributed by atoms with E-state index in [9.17, 15) is 4.79 Å². The smallest absolute Gasteiger partial charge is 0.227 e. The van der Waals surface area contributed by atoms with Gasteiger partial charge in [-0.15, -0.1) is 0 Å². The first kappa shape index (κ1) is 14.0. The summed E-state index contributed by atoms with van der Waals surface area (Å²) in [6, 6.07) is 8.15. The summed E-state index contributed by atoms with van der Waals surface area (Å²) in [4.78, 5) is 18.4. The number of benzene rings is 1.